The molecule has 0 aliphatic carbocycles. The van der Waals surface area contributed by atoms with Crippen LogP contribution in [0.5, 0.6) is 0 Å². The smallest absolute Gasteiger partial charge is 0.335 e. The van der Waals surface area contributed by atoms with Crippen LogP contribution in [0.25, 0.3) is 0 Å². The largest absolute Gasteiger partial charge is 0.478 e. The molecular weight excluding hydrogens is 280 g/mol. The van der Waals surface area contributed by atoms with Crippen molar-refractivity contribution in [3.8, 4) is 0 Å². The Hall–Kier alpha value is -1.63. The maximum Gasteiger partial charge on any atom is 0.335 e. The van der Waals surface area contributed by atoms with Crippen LogP contribution >= 0.6 is 0 Å². The summed E-state index contributed by atoms with van der Waals surface area (Å²) < 4.78 is 22.8. The number of carbonyl (C=O) groups is 1. The van der Waals surface area contributed by atoms with E-state index in [-0.39, 0.29) is 23.1 Å². The van der Waals surface area contributed by atoms with E-state index in [1.807, 2.05) is 6.92 Å². The first-order valence-electron chi connectivity index (χ1n) is 6.61. The van der Waals surface area contributed by atoms with E-state index < -0.39 is 15.8 Å². The highest BCUT2D eigenvalue weighted by Gasteiger charge is 2.28. The highest BCUT2D eigenvalue weighted by molar-refractivity contribution is 7.91. The fourth-order valence-corrected chi connectivity index (χ4v) is 3.96. The van der Waals surface area contributed by atoms with Crippen molar-refractivity contribution in [2.24, 2.45) is 0 Å². The molecule has 0 bridgehead atoms. The van der Waals surface area contributed by atoms with Crippen molar-refractivity contribution in [3.05, 3.63) is 23.4 Å². The Balaban J connectivity index is 2.20. The zero-order valence-corrected chi connectivity index (χ0v) is 12.1. The summed E-state index contributed by atoms with van der Waals surface area (Å²) in [6.45, 7) is 1.99. The van der Waals surface area contributed by atoms with Gasteiger partial charge in [0, 0.05) is 11.7 Å². The summed E-state index contributed by atoms with van der Waals surface area (Å²) >= 11 is 0. The van der Waals surface area contributed by atoms with Crippen LogP contribution in [0, 0.1) is 0 Å². The molecule has 0 aromatic carbocycles. The molecule has 1 aromatic heterocycles. The van der Waals surface area contributed by atoms with Crippen molar-refractivity contribution in [1.82, 2.24) is 4.98 Å². The molecule has 0 amide bonds. The Morgan fingerprint density at radius 1 is 1.50 bits per heavy atom. The normalized spacial score (nSPS) is 20.8. The predicted molar refractivity (Wildman–Crippen MR) is 75.9 cm³/mol. The number of carboxylic acids is 1. The van der Waals surface area contributed by atoms with Crippen molar-refractivity contribution in [2.45, 2.75) is 32.2 Å². The molecule has 1 aliphatic rings. The second-order valence-electron chi connectivity index (χ2n) is 5.03. The van der Waals surface area contributed by atoms with Crippen LogP contribution in [-0.4, -0.2) is 42.0 Å². The number of rotatable bonds is 5. The second-order valence-corrected chi connectivity index (χ2v) is 7.26. The van der Waals surface area contributed by atoms with Crippen LogP contribution in [0.4, 0.5) is 5.82 Å². The van der Waals surface area contributed by atoms with Crippen LogP contribution in [0.3, 0.4) is 0 Å². The van der Waals surface area contributed by atoms with Crippen molar-refractivity contribution in [2.75, 3.05) is 16.8 Å². The van der Waals surface area contributed by atoms with E-state index in [1.165, 1.54) is 6.07 Å². The van der Waals surface area contributed by atoms with Gasteiger partial charge in [-0.25, -0.2) is 18.2 Å². The van der Waals surface area contributed by atoms with Crippen LogP contribution in [0.15, 0.2) is 12.1 Å². The van der Waals surface area contributed by atoms with E-state index >= 15 is 0 Å². The molecule has 0 radical (unpaired) electrons. The number of nitrogens with zero attached hydrogens (tertiary/aromatic N) is 1. The van der Waals surface area contributed by atoms with Gasteiger partial charge in [-0.05, 0) is 25.0 Å². The fourth-order valence-electron chi connectivity index (χ4n) is 2.29. The summed E-state index contributed by atoms with van der Waals surface area (Å²) in [6.07, 6.45) is 2.09. The number of carboxylic acid groups (broad SMARTS) is 1. The topological polar surface area (TPSA) is 96.4 Å². The average molecular weight is 298 g/mol. The van der Waals surface area contributed by atoms with Gasteiger partial charge in [-0.15, -0.1) is 0 Å². The summed E-state index contributed by atoms with van der Waals surface area (Å²) in [5.74, 6) is -0.317. The standard InChI is InChI=1S/C13H18N2O4S/c1-2-3-10-6-9(13(16)17)7-12(14-10)15-11-4-5-20(18,19)8-11/h6-7,11H,2-5,8H2,1H3,(H,14,15)(H,16,17). The Morgan fingerprint density at radius 3 is 2.80 bits per heavy atom. The number of hydrogen-bond donors (Lipinski definition) is 2. The van der Waals surface area contributed by atoms with Gasteiger partial charge in [-0.2, -0.15) is 0 Å². The minimum atomic E-state index is -2.97. The van der Waals surface area contributed by atoms with E-state index in [0.29, 0.717) is 24.4 Å². The van der Waals surface area contributed by atoms with Gasteiger partial charge in [0.1, 0.15) is 5.82 Å². The number of hydrogen-bond acceptors (Lipinski definition) is 5. The van der Waals surface area contributed by atoms with E-state index in [4.69, 9.17) is 5.11 Å². The first-order chi connectivity index (χ1) is 9.39. The zero-order chi connectivity index (χ0) is 14.8. The molecule has 2 N–H and O–H groups in total. The van der Waals surface area contributed by atoms with Gasteiger partial charge in [0.25, 0.3) is 0 Å². The Labute approximate surface area is 118 Å². The highest BCUT2D eigenvalue weighted by atomic mass is 32.2. The van der Waals surface area contributed by atoms with E-state index in [0.717, 1.165) is 6.42 Å². The average Bonchev–Trinajstić information content (AvgIpc) is 2.68. The SMILES string of the molecule is CCCc1cc(C(=O)O)cc(NC2CCS(=O)(=O)C2)n1. The fraction of sp³-hybridized carbons (Fsp3) is 0.538. The van der Waals surface area contributed by atoms with E-state index in [1.54, 1.807) is 6.07 Å². The lowest BCUT2D eigenvalue weighted by Gasteiger charge is -2.13. The summed E-state index contributed by atoms with van der Waals surface area (Å²) in [5, 5.41) is 12.1. The molecule has 1 aliphatic heterocycles. The van der Waals surface area contributed by atoms with Crippen LogP contribution in [0.2, 0.25) is 0 Å². The molecule has 1 fully saturated rings. The van der Waals surface area contributed by atoms with Gasteiger partial charge in [-0.1, -0.05) is 13.3 Å². The molecule has 0 saturated carbocycles. The van der Waals surface area contributed by atoms with Crippen molar-refractivity contribution in [3.63, 3.8) is 0 Å². The van der Waals surface area contributed by atoms with Gasteiger partial charge in [0.05, 0.1) is 17.1 Å². The molecule has 20 heavy (non-hydrogen) atoms. The summed E-state index contributed by atoms with van der Waals surface area (Å²) in [4.78, 5) is 15.4. The molecule has 0 spiro atoms. The molecule has 6 nitrogen and oxygen atoms in total. The summed E-state index contributed by atoms with van der Waals surface area (Å²) in [7, 11) is -2.97. The number of aromatic carboxylic acids is 1. The Morgan fingerprint density at radius 2 is 2.25 bits per heavy atom. The lowest BCUT2D eigenvalue weighted by molar-refractivity contribution is 0.0696. The maximum atomic E-state index is 11.4. The number of anilines is 1. The van der Waals surface area contributed by atoms with Crippen molar-refractivity contribution in [1.29, 1.82) is 0 Å². The van der Waals surface area contributed by atoms with Gasteiger partial charge in [-0.3, -0.25) is 0 Å². The van der Waals surface area contributed by atoms with Crippen molar-refractivity contribution < 1.29 is 18.3 Å². The molecule has 7 heteroatoms. The van der Waals surface area contributed by atoms with Gasteiger partial charge in [0.2, 0.25) is 0 Å². The van der Waals surface area contributed by atoms with E-state index in [2.05, 4.69) is 10.3 Å². The lowest BCUT2D eigenvalue weighted by Crippen LogP contribution is -2.21. The first-order valence-corrected chi connectivity index (χ1v) is 8.43. The molecule has 2 heterocycles. The molecule has 1 atom stereocenters. The summed E-state index contributed by atoms with van der Waals surface area (Å²) in [6, 6.07) is 2.82. The minimum Gasteiger partial charge on any atom is -0.478 e. The zero-order valence-electron chi connectivity index (χ0n) is 11.3. The predicted octanol–water partition coefficient (Wildman–Crippen LogP) is 1.33. The third kappa shape index (κ3) is 3.69. The number of nitrogens with one attached hydrogen (secondary N) is 1. The maximum absolute atomic E-state index is 11.4. The molecule has 2 rings (SSSR count). The second kappa shape index (κ2) is 5.78. The number of pyridine rings is 1. The number of aryl methyl sites for hydroxylation is 1. The molecule has 1 aromatic rings. The van der Waals surface area contributed by atoms with Crippen LogP contribution < -0.4 is 5.32 Å². The lowest BCUT2D eigenvalue weighted by atomic mass is 10.1. The Bertz CT molecular complexity index is 613. The van der Waals surface area contributed by atoms with Crippen LogP contribution in [0.1, 0.15) is 35.8 Å². The van der Waals surface area contributed by atoms with Gasteiger partial charge < -0.3 is 10.4 Å². The van der Waals surface area contributed by atoms with Gasteiger partial charge in [0.15, 0.2) is 9.84 Å². The summed E-state index contributed by atoms with van der Waals surface area (Å²) in [5.41, 5.74) is 0.877. The third-order valence-electron chi connectivity index (χ3n) is 3.22. The van der Waals surface area contributed by atoms with Crippen LogP contribution in [-0.2, 0) is 16.3 Å². The molecule has 110 valence electrons. The molecular formula is C13H18N2O4S. The number of sulfone groups is 1. The van der Waals surface area contributed by atoms with E-state index in [9.17, 15) is 13.2 Å². The van der Waals surface area contributed by atoms with Gasteiger partial charge >= 0.3 is 5.97 Å². The monoisotopic (exact) mass is 298 g/mol. The number of aromatic nitrogens is 1. The van der Waals surface area contributed by atoms with Crippen molar-refractivity contribution >= 4 is 21.6 Å². The minimum absolute atomic E-state index is 0.0785. The Kier molecular flexibility index (Phi) is 4.27. The molecule has 1 saturated heterocycles. The quantitative estimate of drug-likeness (QED) is 0.851. The molecule has 1 unspecified atom stereocenters. The highest BCUT2D eigenvalue weighted by Crippen LogP contribution is 2.18. The third-order valence-corrected chi connectivity index (χ3v) is 4.98. The first kappa shape index (κ1) is 14.8.